The summed E-state index contributed by atoms with van der Waals surface area (Å²) in [6, 6.07) is 5.65. The summed E-state index contributed by atoms with van der Waals surface area (Å²) in [5, 5.41) is 4.13. The summed E-state index contributed by atoms with van der Waals surface area (Å²) in [6.45, 7) is 4.46. The van der Waals surface area contributed by atoms with Gasteiger partial charge >= 0.3 is 6.36 Å². The number of rotatable bonds is 4. The number of aromatic nitrogens is 1. The number of hydrogen-bond acceptors (Lipinski definition) is 4. The summed E-state index contributed by atoms with van der Waals surface area (Å²) in [5.74, 6) is -0.229. The number of nitrogens with zero attached hydrogens (tertiary/aromatic N) is 1. The van der Waals surface area contributed by atoms with Crippen molar-refractivity contribution in [3.63, 3.8) is 0 Å². The lowest BCUT2D eigenvalue weighted by molar-refractivity contribution is -0.274. The van der Waals surface area contributed by atoms with Crippen LogP contribution in [0.4, 0.5) is 18.9 Å². The van der Waals surface area contributed by atoms with Crippen molar-refractivity contribution in [2.45, 2.75) is 26.8 Å². The number of benzene rings is 1. The molecule has 0 atom stereocenters. The Morgan fingerprint density at radius 2 is 1.85 bits per heavy atom. The summed E-state index contributed by atoms with van der Waals surface area (Å²) < 4.78 is 39.9. The van der Waals surface area contributed by atoms with Crippen LogP contribution in [0.25, 0.3) is 0 Å². The maximum absolute atomic E-state index is 12.0. The Morgan fingerprint density at radius 3 is 2.35 bits per heavy atom. The zero-order valence-electron chi connectivity index (χ0n) is 10.9. The van der Waals surface area contributed by atoms with Crippen LogP contribution >= 0.6 is 11.3 Å². The summed E-state index contributed by atoms with van der Waals surface area (Å²) in [5.41, 5.74) is 1.70. The van der Waals surface area contributed by atoms with Gasteiger partial charge in [-0.05, 0) is 38.1 Å². The van der Waals surface area contributed by atoms with Crippen molar-refractivity contribution in [1.82, 2.24) is 4.98 Å². The molecule has 3 nitrogen and oxygen atoms in total. The van der Waals surface area contributed by atoms with Crippen molar-refractivity contribution in [3.8, 4) is 5.75 Å². The number of anilines is 1. The van der Waals surface area contributed by atoms with Crippen LogP contribution in [0.3, 0.4) is 0 Å². The van der Waals surface area contributed by atoms with Gasteiger partial charge in [0.15, 0.2) is 0 Å². The normalized spacial score (nSPS) is 11.4. The molecule has 0 radical (unpaired) electrons. The van der Waals surface area contributed by atoms with Crippen molar-refractivity contribution in [2.75, 3.05) is 5.32 Å². The molecule has 7 heteroatoms. The number of halogens is 3. The standard InChI is InChI=1S/C13H13F3N2OS/c1-8-12(20-9(2)18-8)7-17-10-3-5-11(6-4-10)19-13(14,15)16/h3-6,17H,7H2,1-2H3. The summed E-state index contributed by atoms with van der Waals surface area (Å²) in [7, 11) is 0. The van der Waals surface area contributed by atoms with Gasteiger partial charge in [0.2, 0.25) is 0 Å². The molecule has 0 fully saturated rings. The van der Waals surface area contributed by atoms with Crippen molar-refractivity contribution >= 4 is 17.0 Å². The molecule has 0 bridgehead atoms. The Hall–Kier alpha value is -1.76. The highest BCUT2D eigenvalue weighted by Gasteiger charge is 2.30. The van der Waals surface area contributed by atoms with Gasteiger partial charge in [0.25, 0.3) is 0 Å². The highest BCUT2D eigenvalue weighted by atomic mass is 32.1. The second-order valence-electron chi connectivity index (χ2n) is 4.17. The van der Waals surface area contributed by atoms with E-state index in [0.717, 1.165) is 21.3 Å². The fourth-order valence-corrected chi connectivity index (χ4v) is 2.57. The van der Waals surface area contributed by atoms with Gasteiger partial charge in [-0.15, -0.1) is 24.5 Å². The zero-order chi connectivity index (χ0) is 14.8. The monoisotopic (exact) mass is 302 g/mol. The molecule has 1 aromatic carbocycles. The van der Waals surface area contributed by atoms with Crippen LogP contribution < -0.4 is 10.1 Å². The van der Waals surface area contributed by atoms with Crippen molar-refractivity contribution in [3.05, 3.63) is 39.8 Å². The van der Waals surface area contributed by atoms with Crippen molar-refractivity contribution in [2.24, 2.45) is 0 Å². The molecule has 1 N–H and O–H groups in total. The Kier molecular flexibility index (Phi) is 4.17. The highest BCUT2D eigenvalue weighted by Crippen LogP contribution is 2.24. The molecule has 20 heavy (non-hydrogen) atoms. The molecular weight excluding hydrogens is 289 g/mol. The molecular formula is C13H13F3N2OS. The van der Waals surface area contributed by atoms with E-state index in [1.165, 1.54) is 12.1 Å². The Labute approximate surface area is 118 Å². The fourth-order valence-electron chi connectivity index (χ4n) is 1.69. The fraction of sp³-hybridized carbons (Fsp3) is 0.308. The maximum atomic E-state index is 12.0. The van der Waals surface area contributed by atoms with Gasteiger partial charge in [0.1, 0.15) is 5.75 Å². The van der Waals surface area contributed by atoms with E-state index < -0.39 is 6.36 Å². The predicted octanol–water partition coefficient (Wildman–Crippen LogP) is 4.27. The SMILES string of the molecule is Cc1nc(C)c(CNc2ccc(OC(F)(F)F)cc2)s1. The average molecular weight is 302 g/mol. The minimum atomic E-state index is -4.66. The number of thiazole rings is 1. The molecule has 2 rings (SSSR count). The van der Waals surface area contributed by atoms with Crippen molar-refractivity contribution < 1.29 is 17.9 Å². The quantitative estimate of drug-likeness (QED) is 0.915. The van der Waals surface area contributed by atoms with Gasteiger partial charge in [0, 0.05) is 10.6 Å². The number of aryl methyl sites for hydroxylation is 2. The summed E-state index contributed by atoms with van der Waals surface area (Å²) in [6.07, 6.45) is -4.66. The first-order valence-electron chi connectivity index (χ1n) is 5.86. The summed E-state index contributed by atoms with van der Waals surface area (Å²) in [4.78, 5) is 5.42. The van der Waals surface area contributed by atoms with Crippen molar-refractivity contribution in [1.29, 1.82) is 0 Å². The molecule has 0 aliphatic rings. The molecule has 1 heterocycles. The van der Waals surface area contributed by atoms with E-state index in [1.54, 1.807) is 23.5 Å². The lowest BCUT2D eigenvalue weighted by Crippen LogP contribution is -2.17. The molecule has 108 valence electrons. The Morgan fingerprint density at radius 1 is 1.20 bits per heavy atom. The smallest absolute Gasteiger partial charge is 0.406 e. The van der Waals surface area contributed by atoms with Crippen LogP contribution in [-0.4, -0.2) is 11.3 Å². The van der Waals surface area contributed by atoms with Crippen LogP contribution in [0.5, 0.6) is 5.75 Å². The second kappa shape index (κ2) is 5.70. The number of alkyl halides is 3. The van der Waals surface area contributed by atoms with Gasteiger partial charge in [-0.1, -0.05) is 0 Å². The van der Waals surface area contributed by atoms with Crippen LogP contribution in [0.15, 0.2) is 24.3 Å². The first kappa shape index (κ1) is 14.6. The third-order valence-electron chi connectivity index (χ3n) is 2.54. The van der Waals surface area contributed by atoms with E-state index in [9.17, 15) is 13.2 Å². The first-order chi connectivity index (χ1) is 9.33. The maximum Gasteiger partial charge on any atom is 0.573 e. The van der Waals surface area contributed by atoms with E-state index in [2.05, 4.69) is 15.0 Å². The van der Waals surface area contributed by atoms with Crippen LogP contribution in [0, 0.1) is 13.8 Å². The number of nitrogens with one attached hydrogen (secondary N) is 1. The molecule has 0 unspecified atom stereocenters. The average Bonchev–Trinajstić information content (AvgIpc) is 2.65. The van der Waals surface area contributed by atoms with E-state index in [1.807, 2.05) is 13.8 Å². The minimum absolute atomic E-state index is 0.229. The lowest BCUT2D eigenvalue weighted by Gasteiger charge is -2.10. The molecule has 2 aromatic rings. The van der Waals surface area contributed by atoms with Crippen LogP contribution in [0.2, 0.25) is 0 Å². The van der Waals surface area contributed by atoms with E-state index in [4.69, 9.17) is 0 Å². The minimum Gasteiger partial charge on any atom is -0.406 e. The van der Waals surface area contributed by atoms with Gasteiger partial charge in [-0.3, -0.25) is 0 Å². The highest BCUT2D eigenvalue weighted by molar-refractivity contribution is 7.11. The number of hydrogen-bond donors (Lipinski definition) is 1. The Bertz CT molecular complexity index is 578. The van der Waals surface area contributed by atoms with E-state index >= 15 is 0 Å². The van der Waals surface area contributed by atoms with Gasteiger partial charge in [0.05, 0.1) is 17.2 Å². The Balaban J connectivity index is 1.96. The van der Waals surface area contributed by atoms with Gasteiger partial charge < -0.3 is 10.1 Å². The van der Waals surface area contributed by atoms with Crippen LogP contribution in [-0.2, 0) is 6.54 Å². The molecule has 1 aromatic heterocycles. The topological polar surface area (TPSA) is 34.2 Å². The largest absolute Gasteiger partial charge is 0.573 e. The molecule has 0 saturated heterocycles. The van der Waals surface area contributed by atoms with Gasteiger partial charge in [-0.2, -0.15) is 0 Å². The number of ether oxygens (including phenoxy) is 1. The summed E-state index contributed by atoms with van der Waals surface area (Å²) >= 11 is 1.60. The molecule has 0 saturated carbocycles. The molecule has 0 amide bonds. The third kappa shape index (κ3) is 4.12. The van der Waals surface area contributed by atoms with Gasteiger partial charge in [-0.25, -0.2) is 4.98 Å². The first-order valence-corrected chi connectivity index (χ1v) is 6.68. The van der Waals surface area contributed by atoms with Crippen LogP contribution in [0.1, 0.15) is 15.6 Å². The zero-order valence-corrected chi connectivity index (χ0v) is 11.7. The molecule has 0 aliphatic heterocycles. The predicted molar refractivity (Wildman–Crippen MR) is 72.0 cm³/mol. The van der Waals surface area contributed by atoms with E-state index in [0.29, 0.717) is 6.54 Å². The molecule has 0 spiro atoms. The third-order valence-corrected chi connectivity index (χ3v) is 3.61. The second-order valence-corrected chi connectivity index (χ2v) is 5.45. The molecule has 0 aliphatic carbocycles. The van der Waals surface area contributed by atoms with E-state index in [-0.39, 0.29) is 5.75 Å². The lowest BCUT2D eigenvalue weighted by atomic mass is 10.3.